The number of halogens is 1. The molecule has 1 heterocycles. The maximum atomic E-state index is 12.7. The first kappa shape index (κ1) is 27.3. The number of ether oxygens (including phenoxy) is 1. The van der Waals surface area contributed by atoms with Crippen molar-refractivity contribution in [3.05, 3.63) is 75.6 Å². The number of carbonyl (C=O) groups is 3. The highest BCUT2D eigenvalue weighted by Gasteiger charge is 2.41. The number of carbonyl (C=O) groups excluding carboxylic acids is 3. The molecule has 3 rings (SSSR count). The summed E-state index contributed by atoms with van der Waals surface area (Å²) >= 11 is 6.50. The van der Waals surface area contributed by atoms with Gasteiger partial charge in [-0.05, 0) is 55.7 Å². The second kappa shape index (κ2) is 11.2. The van der Waals surface area contributed by atoms with Crippen LogP contribution in [-0.2, 0) is 11.2 Å². The predicted molar refractivity (Wildman–Crippen MR) is 140 cm³/mol. The van der Waals surface area contributed by atoms with Gasteiger partial charge in [-0.1, -0.05) is 56.2 Å². The molecule has 0 unspecified atom stereocenters. The lowest BCUT2D eigenvalue weighted by atomic mass is 9.61. The molecule has 0 radical (unpaired) electrons. The van der Waals surface area contributed by atoms with Gasteiger partial charge in [-0.25, -0.2) is 4.79 Å². The standard InChI is InChI=1S/C29H32ClNO5/c1-17(12-13-29(5)18(2)9-11-24(33)20(29)4)8-10-22-26(34)23(16-32)19(3)25(30)27(22)36-28(35)21-7-6-14-31-15-21/h6-8,12-16,18,20,34H,9-11H2,1-5H3/b13-12+,17-8+/t18-,20+,29+/m1/s1. The van der Waals surface area contributed by atoms with Crippen LogP contribution in [0.25, 0.3) is 0 Å². The molecule has 1 aromatic heterocycles. The van der Waals surface area contributed by atoms with Crippen LogP contribution in [0.3, 0.4) is 0 Å². The van der Waals surface area contributed by atoms with E-state index in [9.17, 15) is 19.5 Å². The lowest BCUT2D eigenvalue weighted by Gasteiger charge is -2.42. The molecule has 1 N–H and O–H groups in total. The third-order valence-electron chi connectivity index (χ3n) is 7.59. The molecule has 0 aliphatic heterocycles. The van der Waals surface area contributed by atoms with Crippen LogP contribution in [0.4, 0.5) is 0 Å². The van der Waals surface area contributed by atoms with Crippen LogP contribution in [0.1, 0.15) is 72.4 Å². The van der Waals surface area contributed by atoms with Gasteiger partial charge in [0.05, 0.1) is 16.1 Å². The average Bonchev–Trinajstić information content (AvgIpc) is 2.87. The van der Waals surface area contributed by atoms with Crippen molar-refractivity contribution >= 4 is 29.6 Å². The highest BCUT2D eigenvalue weighted by Crippen LogP contribution is 2.45. The van der Waals surface area contributed by atoms with Crippen molar-refractivity contribution in [3.8, 4) is 11.5 Å². The zero-order chi connectivity index (χ0) is 26.6. The molecule has 2 aromatic rings. The van der Waals surface area contributed by atoms with Gasteiger partial charge in [0.2, 0.25) is 0 Å². The highest BCUT2D eigenvalue weighted by atomic mass is 35.5. The Bertz CT molecular complexity index is 1230. The molecule has 1 aliphatic carbocycles. The maximum absolute atomic E-state index is 12.7. The van der Waals surface area contributed by atoms with Crippen molar-refractivity contribution in [2.24, 2.45) is 17.3 Å². The largest absolute Gasteiger partial charge is 0.507 e. The summed E-state index contributed by atoms with van der Waals surface area (Å²) in [5.74, 6) is -0.376. The summed E-state index contributed by atoms with van der Waals surface area (Å²) in [6.45, 7) is 9.76. The minimum atomic E-state index is -0.678. The normalized spacial score (nSPS) is 22.6. The predicted octanol–water partition coefficient (Wildman–Crippen LogP) is 6.47. The third kappa shape index (κ3) is 5.44. The molecule has 1 saturated carbocycles. The van der Waals surface area contributed by atoms with Crippen LogP contribution in [0, 0.1) is 24.2 Å². The quantitative estimate of drug-likeness (QED) is 0.199. The van der Waals surface area contributed by atoms with Crippen molar-refractivity contribution in [1.29, 1.82) is 0 Å². The van der Waals surface area contributed by atoms with Gasteiger partial charge in [0.15, 0.2) is 12.0 Å². The van der Waals surface area contributed by atoms with Crippen LogP contribution in [-0.4, -0.2) is 28.1 Å². The second-order valence-electron chi connectivity index (χ2n) is 9.74. The molecule has 0 spiro atoms. The Morgan fingerprint density at radius 3 is 2.72 bits per heavy atom. The van der Waals surface area contributed by atoms with Gasteiger partial charge in [0.1, 0.15) is 11.5 Å². The molecule has 0 amide bonds. The van der Waals surface area contributed by atoms with Crippen molar-refractivity contribution < 1.29 is 24.2 Å². The van der Waals surface area contributed by atoms with Crippen molar-refractivity contribution in [3.63, 3.8) is 0 Å². The summed E-state index contributed by atoms with van der Waals surface area (Å²) in [7, 11) is 0. The van der Waals surface area contributed by atoms with Crippen molar-refractivity contribution in [2.75, 3.05) is 0 Å². The second-order valence-corrected chi connectivity index (χ2v) is 10.1. The molecule has 0 bridgehead atoms. The summed E-state index contributed by atoms with van der Waals surface area (Å²) in [6.07, 6.45) is 11.0. The fourth-order valence-electron chi connectivity index (χ4n) is 4.55. The van der Waals surface area contributed by atoms with E-state index in [0.717, 1.165) is 12.0 Å². The van der Waals surface area contributed by atoms with Gasteiger partial charge < -0.3 is 9.84 Å². The number of allylic oxidation sites excluding steroid dienone is 4. The molecule has 190 valence electrons. The summed E-state index contributed by atoms with van der Waals surface area (Å²) in [6, 6.07) is 3.17. The Morgan fingerprint density at radius 2 is 2.08 bits per heavy atom. The first-order chi connectivity index (χ1) is 17.0. The molecule has 1 aliphatic rings. The number of pyridine rings is 1. The first-order valence-electron chi connectivity index (χ1n) is 12.0. The number of hydrogen-bond acceptors (Lipinski definition) is 6. The number of rotatable bonds is 7. The van der Waals surface area contributed by atoms with Gasteiger partial charge in [0.25, 0.3) is 0 Å². The number of aldehydes is 1. The van der Waals surface area contributed by atoms with Gasteiger partial charge in [0, 0.05) is 30.3 Å². The summed E-state index contributed by atoms with van der Waals surface area (Å²) in [5.41, 5.74) is 1.47. The smallest absolute Gasteiger partial charge is 0.345 e. The van der Waals surface area contributed by atoms with Gasteiger partial charge in [-0.15, -0.1) is 0 Å². The van der Waals surface area contributed by atoms with Crippen molar-refractivity contribution in [1.82, 2.24) is 4.98 Å². The SMILES string of the molecule is CC(/C=C/[C@@]1(C)[C@H](C)CCC(=O)[C@@H]1C)=C\Cc1c(O)c(C=O)c(C)c(Cl)c1OC(=O)c1cccnc1. The summed E-state index contributed by atoms with van der Waals surface area (Å²) in [5, 5.41) is 10.9. The first-order valence-corrected chi connectivity index (χ1v) is 12.4. The van der Waals surface area contributed by atoms with E-state index in [2.05, 4.69) is 24.9 Å². The number of benzene rings is 1. The molecular formula is C29H32ClNO5. The van der Waals surface area contributed by atoms with Crippen LogP contribution >= 0.6 is 11.6 Å². The number of ketones is 1. The van der Waals surface area contributed by atoms with Crippen LogP contribution in [0.15, 0.2) is 48.3 Å². The topological polar surface area (TPSA) is 93.6 Å². The Labute approximate surface area is 217 Å². The molecule has 36 heavy (non-hydrogen) atoms. The fraction of sp³-hybridized carbons (Fsp3) is 0.379. The molecule has 6 nitrogen and oxygen atoms in total. The average molecular weight is 510 g/mol. The Balaban J connectivity index is 1.95. The Morgan fingerprint density at radius 1 is 1.36 bits per heavy atom. The number of Topliss-reactive ketones (excluding diaryl/α,β-unsaturated/α-hetero) is 1. The van der Waals surface area contributed by atoms with E-state index in [1.165, 1.54) is 12.4 Å². The number of hydrogen-bond donors (Lipinski definition) is 1. The number of esters is 1. The molecule has 1 aromatic carbocycles. The number of phenols is 1. The van der Waals surface area contributed by atoms with Gasteiger partial charge >= 0.3 is 5.97 Å². The summed E-state index contributed by atoms with van der Waals surface area (Å²) in [4.78, 5) is 40.6. The van der Waals surface area contributed by atoms with E-state index in [1.54, 1.807) is 19.1 Å². The van der Waals surface area contributed by atoms with E-state index in [1.807, 2.05) is 26.0 Å². The van der Waals surface area contributed by atoms with E-state index in [0.29, 0.717) is 24.2 Å². The van der Waals surface area contributed by atoms with E-state index in [4.69, 9.17) is 16.3 Å². The highest BCUT2D eigenvalue weighted by molar-refractivity contribution is 6.33. The van der Waals surface area contributed by atoms with E-state index >= 15 is 0 Å². The minimum Gasteiger partial charge on any atom is -0.507 e. The number of phenolic OH excluding ortho intramolecular Hbond substituents is 1. The summed E-state index contributed by atoms with van der Waals surface area (Å²) < 4.78 is 5.60. The van der Waals surface area contributed by atoms with E-state index in [-0.39, 0.29) is 56.7 Å². The Kier molecular flexibility index (Phi) is 8.51. The molecule has 0 saturated heterocycles. The number of aromatic hydroxyl groups is 1. The zero-order valence-electron chi connectivity index (χ0n) is 21.3. The van der Waals surface area contributed by atoms with Gasteiger partial charge in [-0.3, -0.25) is 14.6 Å². The van der Waals surface area contributed by atoms with E-state index < -0.39 is 5.97 Å². The fourth-order valence-corrected chi connectivity index (χ4v) is 4.81. The lowest BCUT2D eigenvalue weighted by molar-refractivity contribution is -0.129. The molecule has 3 atom stereocenters. The van der Waals surface area contributed by atoms with Crippen LogP contribution in [0.2, 0.25) is 5.02 Å². The molecule has 7 heteroatoms. The molecular weight excluding hydrogens is 478 g/mol. The monoisotopic (exact) mass is 509 g/mol. The van der Waals surface area contributed by atoms with Crippen LogP contribution in [0.5, 0.6) is 11.5 Å². The number of aromatic nitrogens is 1. The van der Waals surface area contributed by atoms with Gasteiger partial charge in [-0.2, -0.15) is 0 Å². The molecule has 1 fully saturated rings. The third-order valence-corrected chi connectivity index (χ3v) is 8.05. The zero-order valence-corrected chi connectivity index (χ0v) is 22.1. The lowest BCUT2D eigenvalue weighted by Crippen LogP contribution is -2.40. The number of nitrogens with zero attached hydrogens (tertiary/aromatic N) is 1. The minimum absolute atomic E-state index is 0.00577. The van der Waals surface area contributed by atoms with Crippen LogP contribution < -0.4 is 4.74 Å². The maximum Gasteiger partial charge on any atom is 0.345 e. The Hall–Kier alpha value is -3.25. The van der Waals surface area contributed by atoms with Crippen molar-refractivity contribution in [2.45, 2.75) is 53.9 Å².